The number of aliphatic hydroxyl groups is 1. The summed E-state index contributed by atoms with van der Waals surface area (Å²) in [5.74, 6) is 0. The van der Waals surface area contributed by atoms with E-state index in [2.05, 4.69) is 11.0 Å². The maximum absolute atomic E-state index is 9.16. The monoisotopic (exact) mass is 279 g/mol. The van der Waals surface area contributed by atoms with Gasteiger partial charge in [-0.1, -0.05) is 30.5 Å². The van der Waals surface area contributed by atoms with E-state index in [1.807, 2.05) is 12.1 Å². The van der Waals surface area contributed by atoms with Gasteiger partial charge in [-0.15, -0.1) is 0 Å². The molecule has 1 aliphatic heterocycles. The first kappa shape index (κ1) is 13.3. The third kappa shape index (κ3) is 2.61. The van der Waals surface area contributed by atoms with Crippen molar-refractivity contribution in [1.29, 1.82) is 0 Å². The molecule has 0 aromatic heterocycles. The van der Waals surface area contributed by atoms with Crippen LogP contribution in [0.4, 0.5) is 5.69 Å². The van der Waals surface area contributed by atoms with E-state index in [-0.39, 0.29) is 6.61 Å². The Morgan fingerprint density at radius 1 is 1.11 bits per heavy atom. The van der Waals surface area contributed by atoms with Crippen molar-refractivity contribution in [3.63, 3.8) is 0 Å². The lowest BCUT2D eigenvalue weighted by atomic mass is 9.77. The Morgan fingerprint density at radius 3 is 2.37 bits per heavy atom. The van der Waals surface area contributed by atoms with Crippen molar-refractivity contribution in [2.45, 2.75) is 45.1 Å². The molecule has 0 amide bonds. The average Bonchev–Trinajstić information content (AvgIpc) is 2.88. The molecule has 0 bridgehead atoms. The van der Waals surface area contributed by atoms with E-state index in [1.165, 1.54) is 44.2 Å². The van der Waals surface area contributed by atoms with Gasteiger partial charge < -0.3 is 10.0 Å². The first-order valence-electron chi connectivity index (χ1n) is 7.37. The summed E-state index contributed by atoms with van der Waals surface area (Å²) in [4.78, 5) is 2.44. The molecule has 3 heteroatoms. The Balaban J connectivity index is 1.69. The van der Waals surface area contributed by atoms with Crippen molar-refractivity contribution in [3.05, 3.63) is 28.8 Å². The van der Waals surface area contributed by atoms with E-state index in [9.17, 15) is 0 Å². The first-order chi connectivity index (χ1) is 9.22. The van der Waals surface area contributed by atoms with Crippen LogP contribution in [-0.2, 0) is 6.61 Å². The Morgan fingerprint density at radius 2 is 1.79 bits per heavy atom. The van der Waals surface area contributed by atoms with Crippen molar-refractivity contribution >= 4 is 17.3 Å². The van der Waals surface area contributed by atoms with Gasteiger partial charge in [0.05, 0.1) is 6.61 Å². The zero-order valence-corrected chi connectivity index (χ0v) is 12.1. The highest BCUT2D eigenvalue weighted by Crippen LogP contribution is 2.46. The van der Waals surface area contributed by atoms with E-state index < -0.39 is 0 Å². The van der Waals surface area contributed by atoms with Crippen LogP contribution in [0.5, 0.6) is 0 Å². The second kappa shape index (κ2) is 5.34. The number of anilines is 1. The van der Waals surface area contributed by atoms with Gasteiger partial charge >= 0.3 is 0 Å². The van der Waals surface area contributed by atoms with Crippen LogP contribution in [0.1, 0.15) is 44.1 Å². The zero-order chi connectivity index (χ0) is 13.3. The van der Waals surface area contributed by atoms with Crippen molar-refractivity contribution < 1.29 is 5.11 Å². The van der Waals surface area contributed by atoms with Gasteiger partial charge in [0.2, 0.25) is 0 Å². The predicted octanol–water partition coefficient (Wildman–Crippen LogP) is 3.99. The van der Waals surface area contributed by atoms with Gasteiger partial charge in [0.15, 0.2) is 0 Å². The minimum absolute atomic E-state index is 0.0161. The predicted molar refractivity (Wildman–Crippen MR) is 79.7 cm³/mol. The van der Waals surface area contributed by atoms with Crippen molar-refractivity contribution in [2.24, 2.45) is 5.41 Å². The molecular formula is C16H22ClNO. The molecule has 2 aliphatic rings. The van der Waals surface area contributed by atoms with Crippen LogP contribution in [0.25, 0.3) is 0 Å². The third-order valence-corrected chi connectivity index (χ3v) is 5.41. The fourth-order valence-electron chi connectivity index (χ4n) is 3.73. The Kier molecular flexibility index (Phi) is 3.72. The van der Waals surface area contributed by atoms with Crippen molar-refractivity contribution in [3.8, 4) is 0 Å². The molecule has 2 nitrogen and oxygen atoms in total. The van der Waals surface area contributed by atoms with Crippen LogP contribution >= 0.6 is 11.6 Å². The number of hydrogen-bond donors (Lipinski definition) is 1. The summed E-state index contributed by atoms with van der Waals surface area (Å²) in [6.07, 6.45) is 8.38. The second-order valence-corrected chi connectivity index (χ2v) is 6.54. The van der Waals surface area contributed by atoms with Gasteiger partial charge in [-0.3, -0.25) is 0 Å². The van der Waals surface area contributed by atoms with Gasteiger partial charge in [0.25, 0.3) is 0 Å². The first-order valence-corrected chi connectivity index (χ1v) is 7.75. The number of hydrogen-bond acceptors (Lipinski definition) is 2. The van der Waals surface area contributed by atoms with Crippen LogP contribution in [0, 0.1) is 5.41 Å². The molecule has 1 N–H and O–H groups in total. The molecule has 1 aliphatic carbocycles. The lowest BCUT2D eigenvalue weighted by molar-refractivity contribution is 0.226. The molecule has 2 fully saturated rings. The molecule has 0 atom stereocenters. The molecule has 1 saturated carbocycles. The quantitative estimate of drug-likeness (QED) is 0.885. The fraction of sp³-hybridized carbons (Fsp3) is 0.625. The number of nitrogens with zero attached hydrogens (tertiary/aromatic N) is 1. The summed E-state index contributed by atoms with van der Waals surface area (Å²) in [7, 11) is 0. The number of piperidine rings is 1. The van der Waals surface area contributed by atoms with E-state index >= 15 is 0 Å². The SMILES string of the molecule is OCc1ccc(N2CCC3(CCCC3)CC2)cc1Cl. The standard InChI is InChI=1S/C16H22ClNO/c17-15-11-14(4-3-13(15)12-19)18-9-7-16(8-10-18)5-1-2-6-16/h3-4,11,19H,1-2,5-10,12H2. The van der Waals surface area contributed by atoms with Gasteiger partial charge in [0, 0.05) is 23.8 Å². The summed E-state index contributed by atoms with van der Waals surface area (Å²) in [6, 6.07) is 6.03. The van der Waals surface area contributed by atoms with Gasteiger partial charge in [0.1, 0.15) is 0 Å². The van der Waals surface area contributed by atoms with Crippen molar-refractivity contribution in [1.82, 2.24) is 0 Å². The maximum Gasteiger partial charge on any atom is 0.0696 e. The largest absolute Gasteiger partial charge is 0.392 e. The molecule has 0 unspecified atom stereocenters. The highest BCUT2D eigenvalue weighted by Gasteiger charge is 2.36. The van der Waals surface area contributed by atoms with Crippen LogP contribution in [0.15, 0.2) is 18.2 Å². The molecule has 19 heavy (non-hydrogen) atoms. The molecule has 1 aromatic carbocycles. The Hall–Kier alpha value is -0.730. The lowest BCUT2D eigenvalue weighted by Crippen LogP contribution is -2.38. The topological polar surface area (TPSA) is 23.5 Å². The van der Waals surface area contributed by atoms with Crippen LogP contribution in [0.2, 0.25) is 5.02 Å². The minimum Gasteiger partial charge on any atom is -0.392 e. The normalized spacial score (nSPS) is 22.1. The summed E-state index contributed by atoms with van der Waals surface area (Å²) >= 11 is 6.18. The average molecular weight is 280 g/mol. The van der Waals surface area contributed by atoms with E-state index in [1.54, 1.807) is 0 Å². The van der Waals surface area contributed by atoms with E-state index in [0.29, 0.717) is 10.4 Å². The highest BCUT2D eigenvalue weighted by atomic mass is 35.5. The Labute approximate surface area is 120 Å². The van der Waals surface area contributed by atoms with Crippen LogP contribution in [-0.4, -0.2) is 18.2 Å². The van der Waals surface area contributed by atoms with Crippen LogP contribution in [0.3, 0.4) is 0 Å². The molecule has 1 heterocycles. The maximum atomic E-state index is 9.16. The molecule has 3 rings (SSSR count). The number of benzene rings is 1. The van der Waals surface area contributed by atoms with E-state index in [0.717, 1.165) is 18.7 Å². The van der Waals surface area contributed by atoms with Crippen LogP contribution < -0.4 is 4.90 Å². The molecule has 1 saturated heterocycles. The highest BCUT2D eigenvalue weighted by molar-refractivity contribution is 6.31. The number of rotatable bonds is 2. The Bertz CT molecular complexity index is 444. The van der Waals surface area contributed by atoms with Gasteiger partial charge in [-0.05, 0) is 48.8 Å². The zero-order valence-electron chi connectivity index (χ0n) is 11.4. The van der Waals surface area contributed by atoms with Gasteiger partial charge in [-0.25, -0.2) is 0 Å². The second-order valence-electron chi connectivity index (χ2n) is 6.13. The molecule has 1 aromatic rings. The fourth-order valence-corrected chi connectivity index (χ4v) is 3.96. The van der Waals surface area contributed by atoms with Crippen molar-refractivity contribution in [2.75, 3.05) is 18.0 Å². The smallest absolute Gasteiger partial charge is 0.0696 e. The number of aliphatic hydroxyl groups excluding tert-OH is 1. The molecule has 104 valence electrons. The summed E-state index contributed by atoms with van der Waals surface area (Å²) < 4.78 is 0. The van der Waals surface area contributed by atoms with Gasteiger partial charge in [-0.2, -0.15) is 0 Å². The molecule has 0 radical (unpaired) electrons. The minimum atomic E-state index is 0.0161. The van der Waals surface area contributed by atoms with E-state index in [4.69, 9.17) is 16.7 Å². The lowest BCUT2D eigenvalue weighted by Gasteiger charge is -2.40. The summed E-state index contributed by atoms with van der Waals surface area (Å²) in [5.41, 5.74) is 2.68. The summed E-state index contributed by atoms with van der Waals surface area (Å²) in [5, 5.41) is 9.84. The third-order valence-electron chi connectivity index (χ3n) is 5.06. The summed E-state index contributed by atoms with van der Waals surface area (Å²) in [6.45, 7) is 2.31. The number of halogens is 1. The molecular weight excluding hydrogens is 258 g/mol. The molecule has 1 spiro atoms.